The van der Waals surface area contributed by atoms with Crippen molar-refractivity contribution < 1.29 is 24.2 Å². The average Bonchev–Trinajstić information content (AvgIpc) is 2.56. The largest absolute Gasteiger partial charge is 0.508 e. The van der Waals surface area contributed by atoms with Crippen LogP contribution in [0.25, 0.3) is 22.3 Å². The number of carbonyl (C=O) groups is 1. The molecule has 0 bridgehead atoms. The number of amides is 1. The lowest BCUT2D eigenvalue weighted by Crippen LogP contribution is -2.14. The Kier molecular flexibility index (Phi) is 4.30. The van der Waals surface area contributed by atoms with Crippen molar-refractivity contribution in [3.05, 3.63) is 52.7 Å². The van der Waals surface area contributed by atoms with E-state index < -0.39 is 6.09 Å². The first-order valence-corrected chi connectivity index (χ1v) is 7.52. The maximum atomic E-state index is 12.3. The molecule has 1 heterocycles. The van der Waals surface area contributed by atoms with Gasteiger partial charge in [0.25, 0.3) is 0 Å². The van der Waals surface area contributed by atoms with E-state index in [0.717, 1.165) is 0 Å². The third-order valence-corrected chi connectivity index (χ3v) is 3.49. The Morgan fingerprint density at radius 2 is 1.84 bits per heavy atom. The fourth-order valence-electron chi connectivity index (χ4n) is 2.40. The number of benzene rings is 2. The Bertz CT molecular complexity index is 1010. The molecule has 1 aromatic heterocycles. The van der Waals surface area contributed by atoms with Crippen LogP contribution in [0.2, 0.25) is 0 Å². The molecule has 3 aromatic rings. The van der Waals surface area contributed by atoms with Crippen LogP contribution in [0.4, 0.5) is 10.5 Å². The van der Waals surface area contributed by atoms with Gasteiger partial charge in [-0.15, -0.1) is 0 Å². The summed E-state index contributed by atoms with van der Waals surface area (Å²) in [5.74, 6) is 0.0976. The molecule has 3 N–H and O–H groups in total. The predicted molar refractivity (Wildman–Crippen MR) is 91.9 cm³/mol. The molecule has 0 saturated carbocycles. The number of fused-ring (bicyclic) bond motifs is 1. The molecule has 7 nitrogen and oxygen atoms in total. The van der Waals surface area contributed by atoms with Crippen molar-refractivity contribution in [3.63, 3.8) is 0 Å². The molecular formula is C18H15NO6. The van der Waals surface area contributed by atoms with E-state index in [0.29, 0.717) is 5.56 Å². The molecule has 2 aromatic carbocycles. The lowest BCUT2D eigenvalue weighted by atomic mass is 10.1. The number of nitrogens with one attached hydrogen (secondary N) is 1. The van der Waals surface area contributed by atoms with E-state index in [2.05, 4.69) is 5.32 Å². The summed E-state index contributed by atoms with van der Waals surface area (Å²) in [7, 11) is 0. The highest BCUT2D eigenvalue weighted by Gasteiger charge is 2.14. The number of rotatable bonds is 3. The average molecular weight is 341 g/mol. The highest BCUT2D eigenvalue weighted by atomic mass is 16.5. The van der Waals surface area contributed by atoms with Gasteiger partial charge in [0.05, 0.1) is 17.7 Å². The SMILES string of the molecule is CCOC(=O)Nc1cc(O)ccc1-c1cc(=O)c2cc(O)ccc2o1. The van der Waals surface area contributed by atoms with Crippen molar-refractivity contribution in [2.24, 2.45) is 0 Å². The molecule has 0 saturated heterocycles. The van der Waals surface area contributed by atoms with Gasteiger partial charge in [0.1, 0.15) is 22.8 Å². The van der Waals surface area contributed by atoms with Gasteiger partial charge >= 0.3 is 6.09 Å². The van der Waals surface area contributed by atoms with Crippen LogP contribution in [-0.2, 0) is 4.74 Å². The first kappa shape index (κ1) is 16.4. The topological polar surface area (TPSA) is 109 Å². The van der Waals surface area contributed by atoms with Crippen LogP contribution in [0.3, 0.4) is 0 Å². The van der Waals surface area contributed by atoms with Gasteiger partial charge in [-0.2, -0.15) is 0 Å². The minimum Gasteiger partial charge on any atom is -0.508 e. The number of carbonyl (C=O) groups excluding carboxylic acids is 1. The van der Waals surface area contributed by atoms with Gasteiger partial charge in [0, 0.05) is 17.7 Å². The summed E-state index contributed by atoms with van der Waals surface area (Å²) in [4.78, 5) is 24.0. The molecule has 0 aliphatic carbocycles. The molecule has 25 heavy (non-hydrogen) atoms. The Morgan fingerprint density at radius 1 is 1.12 bits per heavy atom. The molecule has 128 valence electrons. The van der Waals surface area contributed by atoms with E-state index in [1.54, 1.807) is 6.92 Å². The number of ether oxygens (including phenoxy) is 1. The van der Waals surface area contributed by atoms with Crippen molar-refractivity contribution in [2.75, 3.05) is 11.9 Å². The Hall–Kier alpha value is -3.48. The number of aromatic hydroxyl groups is 2. The van der Waals surface area contributed by atoms with E-state index in [-0.39, 0.29) is 46.0 Å². The zero-order valence-electron chi connectivity index (χ0n) is 13.3. The van der Waals surface area contributed by atoms with Crippen LogP contribution in [0.5, 0.6) is 11.5 Å². The van der Waals surface area contributed by atoms with Crippen LogP contribution >= 0.6 is 0 Å². The predicted octanol–water partition coefficient (Wildman–Crippen LogP) is 3.44. The molecular weight excluding hydrogens is 326 g/mol. The van der Waals surface area contributed by atoms with Gasteiger partial charge in [0.15, 0.2) is 5.43 Å². The van der Waals surface area contributed by atoms with Gasteiger partial charge in [-0.05, 0) is 37.3 Å². The summed E-state index contributed by atoms with van der Waals surface area (Å²) in [6.07, 6.45) is -0.692. The van der Waals surface area contributed by atoms with Crippen molar-refractivity contribution in [1.29, 1.82) is 0 Å². The normalized spacial score (nSPS) is 10.6. The molecule has 0 radical (unpaired) electrons. The molecule has 1 amide bonds. The standard InChI is InChI=1S/C18H15NO6/c1-2-24-18(23)19-14-8-11(21)3-5-12(14)17-9-15(22)13-7-10(20)4-6-16(13)25-17/h3-9,20-21H,2H2,1H3,(H,19,23). The summed E-state index contributed by atoms with van der Waals surface area (Å²) in [6.45, 7) is 1.86. The maximum absolute atomic E-state index is 12.3. The van der Waals surface area contributed by atoms with Crippen LogP contribution in [-0.4, -0.2) is 22.9 Å². The third-order valence-electron chi connectivity index (χ3n) is 3.49. The van der Waals surface area contributed by atoms with E-state index in [1.165, 1.54) is 42.5 Å². The van der Waals surface area contributed by atoms with Crippen molar-refractivity contribution in [1.82, 2.24) is 0 Å². The highest BCUT2D eigenvalue weighted by Crippen LogP contribution is 2.32. The second-order valence-electron chi connectivity index (χ2n) is 5.23. The molecule has 0 aliphatic rings. The van der Waals surface area contributed by atoms with Crippen LogP contribution in [0, 0.1) is 0 Å². The number of phenols is 2. The van der Waals surface area contributed by atoms with Gasteiger partial charge < -0.3 is 19.4 Å². The number of anilines is 1. The van der Waals surface area contributed by atoms with Crippen molar-refractivity contribution in [3.8, 4) is 22.8 Å². The summed E-state index contributed by atoms with van der Waals surface area (Å²) in [6, 6.07) is 9.71. The summed E-state index contributed by atoms with van der Waals surface area (Å²) >= 11 is 0. The summed E-state index contributed by atoms with van der Waals surface area (Å²) < 4.78 is 10.6. The van der Waals surface area contributed by atoms with Gasteiger partial charge in [0.2, 0.25) is 0 Å². The molecule has 0 fully saturated rings. The van der Waals surface area contributed by atoms with Crippen molar-refractivity contribution >= 4 is 22.7 Å². The number of phenolic OH excluding ortho intramolecular Hbond substituents is 2. The first-order valence-electron chi connectivity index (χ1n) is 7.52. The Balaban J connectivity index is 2.13. The number of hydrogen-bond donors (Lipinski definition) is 3. The van der Waals surface area contributed by atoms with Gasteiger partial charge in [-0.25, -0.2) is 4.79 Å². The second kappa shape index (κ2) is 6.56. The molecule has 3 rings (SSSR count). The van der Waals surface area contributed by atoms with E-state index in [9.17, 15) is 19.8 Å². The zero-order valence-corrected chi connectivity index (χ0v) is 13.3. The third kappa shape index (κ3) is 3.40. The molecule has 7 heteroatoms. The van der Waals surface area contributed by atoms with E-state index in [4.69, 9.17) is 9.15 Å². The maximum Gasteiger partial charge on any atom is 0.411 e. The lowest BCUT2D eigenvalue weighted by molar-refractivity contribution is 0.168. The summed E-state index contributed by atoms with van der Waals surface area (Å²) in [5, 5.41) is 21.9. The zero-order chi connectivity index (χ0) is 18.0. The molecule has 0 unspecified atom stereocenters. The minimum absolute atomic E-state index is 0.0400. The van der Waals surface area contributed by atoms with Crippen LogP contribution < -0.4 is 10.7 Å². The Morgan fingerprint density at radius 3 is 2.60 bits per heavy atom. The molecule has 0 aliphatic heterocycles. The van der Waals surface area contributed by atoms with Crippen LogP contribution in [0.15, 0.2) is 51.7 Å². The number of hydrogen-bond acceptors (Lipinski definition) is 6. The molecule has 0 spiro atoms. The van der Waals surface area contributed by atoms with Gasteiger partial charge in [-0.1, -0.05) is 0 Å². The van der Waals surface area contributed by atoms with E-state index in [1.807, 2.05) is 0 Å². The first-order chi connectivity index (χ1) is 12.0. The molecule has 0 atom stereocenters. The highest BCUT2D eigenvalue weighted by molar-refractivity contribution is 5.92. The smallest absolute Gasteiger partial charge is 0.411 e. The van der Waals surface area contributed by atoms with Crippen molar-refractivity contribution in [2.45, 2.75) is 6.92 Å². The second-order valence-corrected chi connectivity index (χ2v) is 5.23. The Labute approximate surface area is 142 Å². The van der Waals surface area contributed by atoms with Gasteiger partial charge in [-0.3, -0.25) is 10.1 Å². The monoisotopic (exact) mass is 341 g/mol. The quantitative estimate of drug-likeness (QED) is 0.673. The van der Waals surface area contributed by atoms with Crippen LogP contribution in [0.1, 0.15) is 6.92 Å². The minimum atomic E-state index is -0.692. The fraction of sp³-hybridized carbons (Fsp3) is 0.111. The van der Waals surface area contributed by atoms with E-state index >= 15 is 0 Å². The summed E-state index contributed by atoms with van der Waals surface area (Å²) in [5.41, 5.74) is 0.579. The fourth-order valence-corrected chi connectivity index (χ4v) is 2.40. The lowest BCUT2D eigenvalue weighted by Gasteiger charge is -2.11.